The van der Waals surface area contributed by atoms with Crippen LogP contribution in [0.25, 0.3) is 10.9 Å². The van der Waals surface area contributed by atoms with Crippen LogP contribution < -0.4 is 11.3 Å². The van der Waals surface area contributed by atoms with Crippen molar-refractivity contribution in [1.29, 1.82) is 0 Å². The molecule has 0 saturated carbocycles. The van der Waals surface area contributed by atoms with Crippen molar-refractivity contribution < 1.29 is 13.2 Å². The lowest BCUT2D eigenvalue weighted by Gasteiger charge is -2.37. The minimum atomic E-state index is -3.61. The van der Waals surface area contributed by atoms with E-state index in [2.05, 4.69) is 9.88 Å². The molecule has 11 heteroatoms. The Balaban J connectivity index is 1.55. The zero-order valence-corrected chi connectivity index (χ0v) is 19.8. The lowest BCUT2D eigenvalue weighted by atomic mass is 10.1. The van der Waals surface area contributed by atoms with Crippen LogP contribution in [0.4, 0.5) is 0 Å². The fourth-order valence-electron chi connectivity index (χ4n) is 4.07. The van der Waals surface area contributed by atoms with E-state index in [0.717, 1.165) is 0 Å². The third-order valence-electron chi connectivity index (χ3n) is 6.04. The van der Waals surface area contributed by atoms with Gasteiger partial charge in [0.1, 0.15) is 5.82 Å². The van der Waals surface area contributed by atoms with Gasteiger partial charge < -0.3 is 5.73 Å². The molecule has 0 aliphatic carbocycles. The number of hydrogen-bond acceptors (Lipinski definition) is 6. The molecule has 4 rings (SSSR count). The molecule has 0 spiro atoms. The predicted molar refractivity (Wildman–Crippen MR) is 126 cm³/mol. The van der Waals surface area contributed by atoms with Crippen LogP contribution in [-0.2, 0) is 17.1 Å². The largest absolute Gasteiger partial charge is 0.366 e. The smallest absolute Gasteiger partial charge is 0.261 e. The van der Waals surface area contributed by atoms with E-state index in [9.17, 15) is 18.0 Å². The van der Waals surface area contributed by atoms with Crippen LogP contribution in [0, 0.1) is 0 Å². The zero-order valence-electron chi connectivity index (χ0n) is 18.2. The third kappa shape index (κ3) is 4.39. The van der Waals surface area contributed by atoms with E-state index in [-0.39, 0.29) is 22.1 Å². The van der Waals surface area contributed by atoms with Crippen molar-refractivity contribution in [2.75, 3.05) is 26.2 Å². The molecule has 1 aliphatic heterocycles. The average Bonchev–Trinajstić information content (AvgIpc) is 2.81. The number of piperazine rings is 1. The van der Waals surface area contributed by atoms with Crippen molar-refractivity contribution in [1.82, 2.24) is 18.8 Å². The summed E-state index contributed by atoms with van der Waals surface area (Å²) in [6.07, 6.45) is 0. The highest BCUT2D eigenvalue weighted by atomic mass is 35.5. The number of sulfonamides is 1. The molecule has 1 saturated heterocycles. The van der Waals surface area contributed by atoms with Crippen LogP contribution >= 0.6 is 11.6 Å². The molecule has 3 aromatic rings. The van der Waals surface area contributed by atoms with Crippen LogP contribution in [0.5, 0.6) is 0 Å². The molecule has 0 bridgehead atoms. The first-order valence-corrected chi connectivity index (χ1v) is 12.2. The summed E-state index contributed by atoms with van der Waals surface area (Å²) in [5.41, 5.74) is 5.79. The van der Waals surface area contributed by atoms with Gasteiger partial charge in [-0.15, -0.1) is 0 Å². The van der Waals surface area contributed by atoms with Crippen LogP contribution in [0.15, 0.2) is 52.2 Å². The lowest BCUT2D eigenvalue weighted by molar-refractivity contribution is 0.100. The summed E-state index contributed by atoms with van der Waals surface area (Å²) >= 11 is 5.88. The van der Waals surface area contributed by atoms with Crippen LogP contribution in [-0.4, -0.2) is 59.3 Å². The Morgan fingerprint density at radius 2 is 1.73 bits per heavy atom. The Kier molecular flexibility index (Phi) is 6.28. The quantitative estimate of drug-likeness (QED) is 0.583. The number of benzene rings is 2. The van der Waals surface area contributed by atoms with Crippen molar-refractivity contribution in [3.8, 4) is 0 Å². The van der Waals surface area contributed by atoms with Crippen LogP contribution in [0.3, 0.4) is 0 Å². The molecule has 1 unspecified atom stereocenters. The van der Waals surface area contributed by atoms with Gasteiger partial charge in [0, 0.05) is 43.8 Å². The molecule has 1 aromatic heterocycles. The summed E-state index contributed by atoms with van der Waals surface area (Å²) in [5.74, 6) is -0.0452. The molecule has 0 radical (unpaired) electrons. The number of nitrogens with two attached hydrogens (primary N) is 1. The number of carbonyl (C=O) groups is 1. The molecule has 174 valence electrons. The van der Waals surface area contributed by atoms with Gasteiger partial charge >= 0.3 is 0 Å². The van der Waals surface area contributed by atoms with Crippen molar-refractivity contribution in [2.24, 2.45) is 12.8 Å². The number of rotatable bonds is 5. The van der Waals surface area contributed by atoms with E-state index in [1.165, 1.54) is 27.1 Å². The Morgan fingerprint density at radius 3 is 2.33 bits per heavy atom. The van der Waals surface area contributed by atoms with Gasteiger partial charge in [0.15, 0.2) is 0 Å². The summed E-state index contributed by atoms with van der Waals surface area (Å²) < 4.78 is 28.8. The number of halogens is 1. The van der Waals surface area contributed by atoms with Gasteiger partial charge in [0.05, 0.1) is 21.8 Å². The van der Waals surface area contributed by atoms with E-state index in [4.69, 9.17) is 17.3 Å². The first-order chi connectivity index (χ1) is 15.6. The Hall–Kier alpha value is -2.79. The number of fused-ring (bicyclic) bond motifs is 1. The fourth-order valence-corrected chi connectivity index (χ4v) is 5.61. The van der Waals surface area contributed by atoms with E-state index < -0.39 is 15.9 Å². The molecular formula is C22H24ClN5O4S. The average molecular weight is 490 g/mol. The first-order valence-electron chi connectivity index (χ1n) is 10.4. The van der Waals surface area contributed by atoms with Crippen molar-refractivity contribution in [3.05, 3.63) is 69.2 Å². The van der Waals surface area contributed by atoms with Gasteiger partial charge in [-0.2, -0.15) is 4.31 Å². The maximum absolute atomic E-state index is 12.9. The van der Waals surface area contributed by atoms with Crippen molar-refractivity contribution in [2.45, 2.75) is 17.9 Å². The summed E-state index contributed by atoms with van der Waals surface area (Å²) in [5, 5.41) is 0.801. The van der Waals surface area contributed by atoms with Gasteiger partial charge in [0.2, 0.25) is 15.9 Å². The molecule has 2 N–H and O–H groups in total. The second kappa shape index (κ2) is 8.86. The van der Waals surface area contributed by atoms with Gasteiger partial charge in [-0.1, -0.05) is 11.6 Å². The summed E-state index contributed by atoms with van der Waals surface area (Å²) in [6, 6.07) is 10.5. The molecule has 33 heavy (non-hydrogen) atoms. The van der Waals surface area contributed by atoms with E-state index >= 15 is 0 Å². The van der Waals surface area contributed by atoms with E-state index in [1.54, 1.807) is 31.3 Å². The number of amides is 1. The minimum absolute atomic E-state index is 0.210. The fraction of sp³-hybridized carbons (Fsp3) is 0.318. The highest BCUT2D eigenvalue weighted by Crippen LogP contribution is 2.24. The molecular weight excluding hydrogens is 466 g/mol. The second-order valence-corrected chi connectivity index (χ2v) is 10.4. The number of nitrogens with zero attached hydrogens (tertiary/aromatic N) is 4. The van der Waals surface area contributed by atoms with Crippen molar-refractivity contribution >= 4 is 38.4 Å². The Morgan fingerprint density at radius 1 is 1.09 bits per heavy atom. The van der Waals surface area contributed by atoms with Gasteiger partial charge in [-0.05, 0) is 49.4 Å². The number of hydrogen-bond donors (Lipinski definition) is 1. The van der Waals surface area contributed by atoms with Crippen molar-refractivity contribution in [3.63, 3.8) is 0 Å². The molecule has 1 amide bonds. The maximum Gasteiger partial charge on any atom is 0.261 e. The third-order valence-corrected chi connectivity index (χ3v) is 8.21. The Labute approximate surface area is 196 Å². The lowest BCUT2D eigenvalue weighted by Crippen LogP contribution is -2.49. The van der Waals surface area contributed by atoms with E-state index in [1.807, 2.05) is 6.92 Å². The zero-order chi connectivity index (χ0) is 23.9. The minimum Gasteiger partial charge on any atom is -0.366 e. The molecule has 1 atom stereocenters. The molecule has 1 fully saturated rings. The topological polar surface area (TPSA) is 119 Å². The highest BCUT2D eigenvalue weighted by molar-refractivity contribution is 7.89. The van der Waals surface area contributed by atoms with Gasteiger partial charge in [-0.25, -0.2) is 13.4 Å². The van der Waals surface area contributed by atoms with Crippen LogP contribution in [0.2, 0.25) is 5.02 Å². The summed E-state index contributed by atoms with van der Waals surface area (Å²) in [6.45, 7) is 3.55. The number of primary amides is 1. The summed E-state index contributed by atoms with van der Waals surface area (Å²) in [7, 11) is -1.97. The molecule has 9 nitrogen and oxygen atoms in total. The van der Waals surface area contributed by atoms with E-state index in [0.29, 0.717) is 47.9 Å². The predicted octanol–water partition coefficient (Wildman–Crippen LogP) is 1.75. The first kappa shape index (κ1) is 23.4. The molecule has 2 aromatic carbocycles. The normalized spacial score (nSPS) is 16.7. The standard InChI is InChI=1S/C22H24ClN5O4S/c1-14(21-25-19-8-3-15(20(24)29)13-18(19)22(30)26(21)2)27-9-11-28(12-10-27)33(31,32)17-6-4-16(23)5-7-17/h3-8,13-14H,9-12H2,1-2H3,(H2,24,29). The summed E-state index contributed by atoms with van der Waals surface area (Å²) in [4.78, 5) is 31.4. The number of aromatic nitrogens is 2. The second-order valence-electron chi connectivity index (χ2n) is 8.00. The molecule has 1 aliphatic rings. The van der Waals surface area contributed by atoms with Gasteiger partial charge in [0.25, 0.3) is 5.56 Å². The van der Waals surface area contributed by atoms with Gasteiger partial charge in [-0.3, -0.25) is 19.1 Å². The Bertz CT molecular complexity index is 1380. The maximum atomic E-state index is 12.9. The molecule has 2 heterocycles. The van der Waals surface area contributed by atoms with Crippen LogP contribution in [0.1, 0.15) is 29.1 Å². The number of carbonyl (C=O) groups excluding carboxylic acids is 1. The SMILES string of the molecule is CC(c1nc2ccc(C(N)=O)cc2c(=O)n1C)N1CCN(S(=O)(=O)c2ccc(Cl)cc2)CC1. The monoisotopic (exact) mass is 489 g/mol. The highest BCUT2D eigenvalue weighted by Gasteiger charge is 2.31.